The van der Waals surface area contributed by atoms with Gasteiger partial charge in [-0.25, -0.2) is 0 Å². The zero-order chi connectivity index (χ0) is 12.4. The first-order valence-corrected chi connectivity index (χ1v) is 7.43. The lowest BCUT2D eigenvalue weighted by Crippen LogP contribution is -2.43. The topological polar surface area (TPSA) is 50.4 Å². The average Bonchev–Trinajstić information content (AvgIpc) is 2.70. The molecule has 0 spiro atoms. The van der Waals surface area contributed by atoms with Crippen LogP contribution in [-0.2, 0) is 9.53 Å². The average molecular weight is 252 g/mol. The van der Waals surface area contributed by atoms with E-state index in [1.807, 2.05) is 0 Å². The number of rotatable bonds is 3. The number of carbonyl (C=O) groups excluding carboxylic acids is 1. The molecular weight excluding hydrogens is 228 g/mol. The third-order valence-corrected chi connectivity index (χ3v) is 4.57. The van der Waals surface area contributed by atoms with Crippen molar-refractivity contribution in [2.75, 3.05) is 13.2 Å². The van der Waals surface area contributed by atoms with Crippen molar-refractivity contribution in [2.45, 2.75) is 63.1 Å². The van der Waals surface area contributed by atoms with E-state index in [4.69, 9.17) is 4.74 Å². The van der Waals surface area contributed by atoms with Gasteiger partial charge in [0.05, 0.1) is 12.6 Å². The fraction of sp³-hybridized carbons (Fsp3) is 0.929. The Hall–Kier alpha value is -0.610. The van der Waals surface area contributed by atoms with Gasteiger partial charge in [-0.15, -0.1) is 0 Å². The maximum atomic E-state index is 12.0. The minimum atomic E-state index is 0.233. The highest BCUT2D eigenvalue weighted by Crippen LogP contribution is 2.32. The second-order valence-corrected chi connectivity index (χ2v) is 6.16. The van der Waals surface area contributed by atoms with Crippen LogP contribution in [0.15, 0.2) is 0 Å². The highest BCUT2D eigenvalue weighted by Gasteiger charge is 2.34. The van der Waals surface area contributed by atoms with Crippen molar-refractivity contribution in [3.8, 4) is 0 Å². The summed E-state index contributed by atoms with van der Waals surface area (Å²) in [5.41, 5.74) is 0. The Labute approximate surface area is 109 Å². The summed E-state index contributed by atoms with van der Waals surface area (Å²) in [6.07, 6.45) is 7.84. The molecule has 0 aromatic carbocycles. The predicted molar refractivity (Wildman–Crippen MR) is 69.3 cm³/mol. The van der Waals surface area contributed by atoms with Crippen LogP contribution in [0.2, 0.25) is 0 Å². The van der Waals surface area contributed by atoms with E-state index in [0.29, 0.717) is 31.0 Å². The minimum absolute atomic E-state index is 0.233. The van der Waals surface area contributed by atoms with Crippen molar-refractivity contribution in [1.82, 2.24) is 10.6 Å². The zero-order valence-electron chi connectivity index (χ0n) is 11.0. The Morgan fingerprint density at radius 1 is 1.22 bits per heavy atom. The number of hydrogen-bond acceptors (Lipinski definition) is 3. The lowest BCUT2D eigenvalue weighted by atomic mass is 9.89. The highest BCUT2D eigenvalue weighted by molar-refractivity contribution is 5.76. The summed E-state index contributed by atoms with van der Waals surface area (Å²) in [7, 11) is 0. The molecular formula is C14H24N2O2. The summed E-state index contributed by atoms with van der Waals surface area (Å²) in [6.45, 7) is 1.55. The molecule has 3 rings (SSSR count). The smallest absolute Gasteiger partial charge is 0.220 e. The minimum Gasteiger partial charge on any atom is -0.379 e. The van der Waals surface area contributed by atoms with Crippen molar-refractivity contribution < 1.29 is 9.53 Å². The van der Waals surface area contributed by atoms with Crippen molar-refractivity contribution >= 4 is 5.91 Å². The van der Waals surface area contributed by atoms with Gasteiger partial charge in [0.25, 0.3) is 0 Å². The van der Waals surface area contributed by atoms with Crippen LogP contribution in [0.1, 0.15) is 44.9 Å². The van der Waals surface area contributed by atoms with Gasteiger partial charge in [0.2, 0.25) is 5.91 Å². The van der Waals surface area contributed by atoms with E-state index in [0.717, 1.165) is 19.4 Å². The second kappa shape index (κ2) is 5.57. The van der Waals surface area contributed by atoms with Crippen molar-refractivity contribution in [2.24, 2.45) is 5.92 Å². The molecule has 3 atom stereocenters. The molecule has 18 heavy (non-hydrogen) atoms. The third kappa shape index (κ3) is 3.04. The molecule has 0 aromatic heterocycles. The van der Waals surface area contributed by atoms with Gasteiger partial charge in [-0.05, 0) is 44.4 Å². The van der Waals surface area contributed by atoms with Crippen LogP contribution in [0.3, 0.4) is 0 Å². The molecule has 102 valence electrons. The monoisotopic (exact) mass is 252 g/mol. The molecule has 3 saturated heterocycles. The van der Waals surface area contributed by atoms with Crippen LogP contribution in [0, 0.1) is 5.92 Å². The molecule has 2 bridgehead atoms. The van der Waals surface area contributed by atoms with Gasteiger partial charge in [0, 0.05) is 25.1 Å². The third-order valence-electron chi connectivity index (χ3n) is 4.57. The number of carbonyl (C=O) groups is 1. The summed E-state index contributed by atoms with van der Waals surface area (Å²) in [6, 6.07) is 1.61. The molecule has 3 aliphatic heterocycles. The fourth-order valence-corrected chi connectivity index (χ4v) is 3.75. The standard InChI is InChI=1S/C14H24N2O2/c17-14(16-13-2-1-5-18-9-13)8-10-6-11-3-4-12(7-10)15-11/h10-13,15H,1-9H2,(H,16,17). The summed E-state index contributed by atoms with van der Waals surface area (Å²) >= 11 is 0. The molecule has 3 aliphatic rings. The quantitative estimate of drug-likeness (QED) is 0.793. The summed E-state index contributed by atoms with van der Waals surface area (Å²) in [5, 5.41) is 6.76. The highest BCUT2D eigenvalue weighted by atomic mass is 16.5. The molecule has 3 unspecified atom stereocenters. The second-order valence-electron chi connectivity index (χ2n) is 6.16. The normalized spacial score (nSPS) is 39.6. The van der Waals surface area contributed by atoms with Crippen LogP contribution in [0.5, 0.6) is 0 Å². The van der Waals surface area contributed by atoms with E-state index >= 15 is 0 Å². The lowest BCUT2D eigenvalue weighted by Gasteiger charge is -2.29. The Morgan fingerprint density at radius 2 is 2.00 bits per heavy atom. The molecule has 0 aliphatic carbocycles. The van der Waals surface area contributed by atoms with Crippen molar-refractivity contribution in [3.63, 3.8) is 0 Å². The van der Waals surface area contributed by atoms with Gasteiger partial charge in [0.15, 0.2) is 0 Å². The van der Waals surface area contributed by atoms with Crippen LogP contribution >= 0.6 is 0 Å². The largest absolute Gasteiger partial charge is 0.379 e. The summed E-state index contributed by atoms with van der Waals surface area (Å²) in [4.78, 5) is 12.0. The predicted octanol–water partition coefficient (Wildman–Crippen LogP) is 1.20. The Bertz CT molecular complexity index is 290. The number of piperidine rings is 1. The van der Waals surface area contributed by atoms with Gasteiger partial charge in [0.1, 0.15) is 0 Å². The maximum absolute atomic E-state index is 12.0. The molecule has 4 heteroatoms. The van der Waals surface area contributed by atoms with Crippen molar-refractivity contribution in [3.05, 3.63) is 0 Å². The number of amides is 1. The first-order valence-electron chi connectivity index (χ1n) is 7.43. The molecule has 3 fully saturated rings. The van der Waals surface area contributed by atoms with E-state index in [1.54, 1.807) is 0 Å². The van der Waals surface area contributed by atoms with Gasteiger partial charge in [-0.3, -0.25) is 4.79 Å². The SMILES string of the molecule is O=C(CC1CC2CCC(C1)N2)NC1CCCOC1. The summed E-state index contributed by atoms with van der Waals surface area (Å²) < 4.78 is 5.39. The first kappa shape index (κ1) is 12.4. The first-order chi connectivity index (χ1) is 8.79. The van der Waals surface area contributed by atoms with E-state index in [-0.39, 0.29) is 11.9 Å². The Kier molecular flexibility index (Phi) is 3.85. The van der Waals surface area contributed by atoms with Gasteiger partial charge in [-0.1, -0.05) is 0 Å². The number of hydrogen-bond donors (Lipinski definition) is 2. The molecule has 0 radical (unpaired) electrons. The molecule has 2 N–H and O–H groups in total. The summed E-state index contributed by atoms with van der Waals surface area (Å²) in [5.74, 6) is 0.824. The maximum Gasteiger partial charge on any atom is 0.220 e. The molecule has 4 nitrogen and oxygen atoms in total. The van der Waals surface area contributed by atoms with Gasteiger partial charge < -0.3 is 15.4 Å². The number of ether oxygens (including phenoxy) is 1. The van der Waals surface area contributed by atoms with Crippen molar-refractivity contribution in [1.29, 1.82) is 0 Å². The van der Waals surface area contributed by atoms with Crippen LogP contribution < -0.4 is 10.6 Å². The zero-order valence-corrected chi connectivity index (χ0v) is 11.0. The van der Waals surface area contributed by atoms with Gasteiger partial charge >= 0.3 is 0 Å². The van der Waals surface area contributed by atoms with E-state index in [2.05, 4.69) is 10.6 Å². The van der Waals surface area contributed by atoms with Crippen LogP contribution in [0.25, 0.3) is 0 Å². The van der Waals surface area contributed by atoms with Crippen LogP contribution in [-0.4, -0.2) is 37.2 Å². The molecule has 0 aromatic rings. The van der Waals surface area contributed by atoms with E-state index in [1.165, 1.54) is 25.7 Å². The van der Waals surface area contributed by atoms with E-state index in [9.17, 15) is 4.79 Å². The molecule has 1 amide bonds. The molecule has 3 heterocycles. The number of nitrogens with one attached hydrogen (secondary N) is 2. The number of fused-ring (bicyclic) bond motifs is 2. The Balaban J connectivity index is 1.43. The Morgan fingerprint density at radius 3 is 2.67 bits per heavy atom. The van der Waals surface area contributed by atoms with E-state index < -0.39 is 0 Å². The fourth-order valence-electron chi connectivity index (χ4n) is 3.75. The van der Waals surface area contributed by atoms with Crippen LogP contribution in [0.4, 0.5) is 0 Å². The lowest BCUT2D eigenvalue weighted by molar-refractivity contribution is -0.123. The van der Waals surface area contributed by atoms with Gasteiger partial charge in [-0.2, -0.15) is 0 Å². The molecule has 0 saturated carbocycles.